The van der Waals surface area contributed by atoms with Crippen molar-refractivity contribution in [2.75, 3.05) is 13.2 Å². The summed E-state index contributed by atoms with van der Waals surface area (Å²) in [7, 11) is 0. The minimum absolute atomic E-state index is 0.301. The largest absolute Gasteiger partial charge is 0.493 e. The molecule has 4 aromatic rings. The van der Waals surface area contributed by atoms with Gasteiger partial charge in [0.05, 0.1) is 12.3 Å². The van der Waals surface area contributed by atoms with Gasteiger partial charge in [-0.25, -0.2) is 9.78 Å². The molecule has 4 rings (SSSR count). The topological polar surface area (TPSA) is 81.8 Å². The van der Waals surface area contributed by atoms with Crippen LogP contribution >= 0.6 is 0 Å². The third kappa shape index (κ3) is 6.38. The monoisotopic (exact) mass is 501 g/mol. The molecule has 1 atom stereocenters. The number of oxazole rings is 1. The lowest BCUT2D eigenvalue weighted by atomic mass is 9.99. The van der Waals surface area contributed by atoms with E-state index in [0.29, 0.717) is 37.9 Å². The highest BCUT2D eigenvalue weighted by Crippen LogP contribution is 2.30. The minimum atomic E-state index is -0.948. The Morgan fingerprint density at radius 2 is 1.73 bits per heavy atom. The van der Waals surface area contributed by atoms with E-state index in [0.717, 1.165) is 45.5 Å². The number of carbonyl (C=O) groups is 1. The molecule has 0 spiro atoms. The molecule has 1 aromatic heterocycles. The average molecular weight is 502 g/mol. The Labute approximate surface area is 218 Å². The Balaban J connectivity index is 1.46. The molecule has 0 radical (unpaired) electrons. The first-order valence-electron chi connectivity index (χ1n) is 12.9. The lowest BCUT2D eigenvalue weighted by molar-refractivity contribution is -0.150. The first-order chi connectivity index (χ1) is 17.9. The Kier molecular flexibility index (Phi) is 8.62. The van der Waals surface area contributed by atoms with Gasteiger partial charge in [0.25, 0.3) is 0 Å². The van der Waals surface area contributed by atoms with Crippen molar-refractivity contribution in [3.8, 4) is 17.2 Å². The number of ether oxygens (including phenoxy) is 2. The number of aromatic nitrogens is 1. The molecule has 0 aliphatic heterocycles. The molecule has 1 unspecified atom stereocenters. The van der Waals surface area contributed by atoms with Gasteiger partial charge in [-0.2, -0.15) is 0 Å². The van der Waals surface area contributed by atoms with Crippen LogP contribution in [0, 0.1) is 6.92 Å². The Morgan fingerprint density at radius 1 is 1.00 bits per heavy atom. The average Bonchev–Trinajstić information content (AvgIpc) is 3.27. The second-order valence-electron chi connectivity index (χ2n) is 9.57. The van der Waals surface area contributed by atoms with Crippen molar-refractivity contribution < 1.29 is 23.8 Å². The molecule has 0 saturated heterocycles. The molecular weight excluding hydrogens is 466 g/mol. The van der Waals surface area contributed by atoms with Gasteiger partial charge in [-0.15, -0.1) is 0 Å². The zero-order chi connectivity index (χ0) is 26.4. The highest BCUT2D eigenvalue weighted by molar-refractivity contribution is 5.91. The van der Waals surface area contributed by atoms with E-state index >= 15 is 0 Å². The molecular formula is C31H35NO5. The molecule has 194 valence electrons. The number of fused-ring (bicyclic) bond motifs is 1. The number of benzene rings is 3. The predicted molar refractivity (Wildman–Crippen MR) is 145 cm³/mol. The summed E-state index contributed by atoms with van der Waals surface area (Å²) < 4.78 is 17.7. The van der Waals surface area contributed by atoms with Crippen LogP contribution in [-0.4, -0.2) is 35.4 Å². The van der Waals surface area contributed by atoms with E-state index < -0.39 is 12.1 Å². The number of hydrogen-bond acceptors (Lipinski definition) is 5. The second kappa shape index (κ2) is 12.1. The van der Waals surface area contributed by atoms with Crippen molar-refractivity contribution in [2.24, 2.45) is 0 Å². The van der Waals surface area contributed by atoms with Crippen LogP contribution in [-0.2, 0) is 22.4 Å². The third-order valence-electron chi connectivity index (χ3n) is 6.49. The predicted octanol–water partition coefficient (Wildman–Crippen LogP) is 6.97. The number of aryl methyl sites for hydroxylation is 1. The van der Waals surface area contributed by atoms with Gasteiger partial charge in [0.15, 0.2) is 6.10 Å². The lowest BCUT2D eigenvalue weighted by Gasteiger charge is -2.16. The maximum absolute atomic E-state index is 11.7. The van der Waals surface area contributed by atoms with Crippen LogP contribution in [0.25, 0.3) is 22.2 Å². The number of hydrogen-bond donors (Lipinski definition) is 1. The van der Waals surface area contributed by atoms with Gasteiger partial charge in [-0.3, -0.25) is 0 Å². The van der Waals surface area contributed by atoms with E-state index in [4.69, 9.17) is 18.9 Å². The van der Waals surface area contributed by atoms with E-state index in [1.54, 1.807) is 0 Å². The SMILES string of the molecule is CCCOC(Cc1ccc(OCCc2nc(-c3ccc(C(C)C)cc3)oc2C)c2ccccc12)C(=O)O. The molecule has 0 aliphatic rings. The molecule has 0 saturated carbocycles. The summed E-state index contributed by atoms with van der Waals surface area (Å²) in [6.07, 6.45) is 0.811. The third-order valence-corrected chi connectivity index (χ3v) is 6.49. The van der Waals surface area contributed by atoms with Gasteiger partial charge in [-0.1, -0.05) is 63.2 Å². The van der Waals surface area contributed by atoms with Crippen LogP contribution < -0.4 is 4.74 Å². The van der Waals surface area contributed by atoms with Crippen molar-refractivity contribution in [1.29, 1.82) is 0 Å². The van der Waals surface area contributed by atoms with Crippen LogP contribution in [0.4, 0.5) is 0 Å². The molecule has 0 aliphatic carbocycles. The highest BCUT2D eigenvalue weighted by atomic mass is 16.5. The van der Waals surface area contributed by atoms with Crippen molar-refractivity contribution in [2.45, 2.75) is 59.0 Å². The summed E-state index contributed by atoms with van der Waals surface area (Å²) in [6.45, 7) is 9.11. The van der Waals surface area contributed by atoms with Gasteiger partial charge >= 0.3 is 5.97 Å². The first-order valence-corrected chi connectivity index (χ1v) is 12.9. The van der Waals surface area contributed by atoms with E-state index in [2.05, 4.69) is 38.1 Å². The van der Waals surface area contributed by atoms with Crippen molar-refractivity contribution in [3.05, 3.63) is 83.2 Å². The standard InChI is InChI=1S/C31H35NO5/c1-5-17-35-29(31(33)34)19-24-14-15-28(26-9-7-6-8-25(24)26)36-18-16-27-21(4)37-30(32-27)23-12-10-22(11-13-23)20(2)3/h6-15,20,29H,5,16-19H2,1-4H3,(H,33,34). The number of rotatable bonds is 12. The Morgan fingerprint density at radius 3 is 2.41 bits per heavy atom. The van der Waals surface area contributed by atoms with Crippen molar-refractivity contribution in [3.63, 3.8) is 0 Å². The van der Waals surface area contributed by atoms with Gasteiger partial charge in [0, 0.05) is 30.4 Å². The minimum Gasteiger partial charge on any atom is -0.493 e. The molecule has 3 aromatic carbocycles. The van der Waals surface area contributed by atoms with Gasteiger partial charge in [-0.05, 0) is 54.0 Å². The molecule has 1 N–H and O–H groups in total. The van der Waals surface area contributed by atoms with Gasteiger partial charge < -0.3 is 19.0 Å². The van der Waals surface area contributed by atoms with E-state index in [1.807, 2.05) is 50.2 Å². The smallest absolute Gasteiger partial charge is 0.333 e. The molecule has 0 fully saturated rings. The molecule has 0 bridgehead atoms. The van der Waals surface area contributed by atoms with Crippen LogP contribution in [0.1, 0.15) is 55.7 Å². The summed E-state index contributed by atoms with van der Waals surface area (Å²) in [5.74, 6) is 1.70. The summed E-state index contributed by atoms with van der Waals surface area (Å²) in [5.41, 5.74) is 4.04. The maximum atomic E-state index is 11.7. The fourth-order valence-electron chi connectivity index (χ4n) is 4.37. The number of carboxylic acid groups (broad SMARTS) is 1. The Bertz CT molecular complexity index is 1340. The van der Waals surface area contributed by atoms with Gasteiger partial charge in [0.1, 0.15) is 11.5 Å². The van der Waals surface area contributed by atoms with Crippen LogP contribution in [0.3, 0.4) is 0 Å². The van der Waals surface area contributed by atoms with E-state index in [-0.39, 0.29) is 0 Å². The summed E-state index contributed by atoms with van der Waals surface area (Å²) >= 11 is 0. The number of nitrogens with zero attached hydrogens (tertiary/aromatic N) is 1. The molecule has 0 amide bonds. The summed E-state index contributed by atoms with van der Waals surface area (Å²) in [5, 5.41) is 11.5. The second-order valence-corrected chi connectivity index (χ2v) is 9.57. The maximum Gasteiger partial charge on any atom is 0.333 e. The Hall–Kier alpha value is -3.64. The first kappa shape index (κ1) is 26.4. The van der Waals surface area contributed by atoms with E-state index in [9.17, 15) is 9.90 Å². The van der Waals surface area contributed by atoms with Crippen LogP contribution in [0.2, 0.25) is 0 Å². The van der Waals surface area contributed by atoms with Crippen molar-refractivity contribution >= 4 is 16.7 Å². The zero-order valence-corrected chi connectivity index (χ0v) is 22.0. The molecule has 37 heavy (non-hydrogen) atoms. The normalized spacial score (nSPS) is 12.2. The fourth-order valence-corrected chi connectivity index (χ4v) is 4.37. The molecule has 1 heterocycles. The zero-order valence-electron chi connectivity index (χ0n) is 22.0. The molecule has 6 heteroatoms. The van der Waals surface area contributed by atoms with Crippen LogP contribution in [0.15, 0.2) is 65.1 Å². The van der Waals surface area contributed by atoms with E-state index in [1.165, 1.54) is 5.56 Å². The number of aliphatic carboxylic acids is 1. The molecule has 6 nitrogen and oxygen atoms in total. The summed E-state index contributed by atoms with van der Waals surface area (Å²) in [6, 6.07) is 20.1. The number of carboxylic acids is 1. The van der Waals surface area contributed by atoms with Crippen LogP contribution in [0.5, 0.6) is 5.75 Å². The fraction of sp³-hybridized carbons (Fsp3) is 0.355. The highest BCUT2D eigenvalue weighted by Gasteiger charge is 2.20. The van der Waals surface area contributed by atoms with Gasteiger partial charge in [0.2, 0.25) is 5.89 Å². The quantitative estimate of drug-likeness (QED) is 0.226. The lowest BCUT2D eigenvalue weighted by Crippen LogP contribution is -2.26. The van der Waals surface area contributed by atoms with Crippen molar-refractivity contribution in [1.82, 2.24) is 4.98 Å². The summed E-state index contributed by atoms with van der Waals surface area (Å²) in [4.78, 5) is 16.4.